The van der Waals surface area contributed by atoms with Gasteiger partial charge in [-0.15, -0.1) is 0 Å². The van der Waals surface area contributed by atoms with Crippen molar-refractivity contribution in [2.24, 2.45) is 16.0 Å². The van der Waals surface area contributed by atoms with E-state index in [9.17, 15) is 19.2 Å². The minimum atomic E-state index is -0.662. The molecule has 0 atom stereocenters. The molecule has 0 N–H and O–H groups in total. The normalized spacial score (nSPS) is 19.1. The lowest BCUT2D eigenvalue weighted by molar-refractivity contribution is -0.130. The number of hydrogen-bond acceptors (Lipinski definition) is 8. The van der Waals surface area contributed by atoms with E-state index in [0.29, 0.717) is 31.5 Å². The van der Waals surface area contributed by atoms with Crippen molar-refractivity contribution >= 4 is 63.9 Å². The third-order valence-corrected chi connectivity index (χ3v) is 6.47. The Hall–Kier alpha value is -3.55. The van der Waals surface area contributed by atoms with Crippen LogP contribution in [0.15, 0.2) is 33.9 Å². The predicted octanol–water partition coefficient (Wildman–Crippen LogP) is 2.72. The van der Waals surface area contributed by atoms with Gasteiger partial charge >= 0.3 is 0 Å². The minimum Gasteiger partial charge on any atom is -0.436 e. The summed E-state index contributed by atoms with van der Waals surface area (Å²) in [6.45, 7) is 2.60. The third kappa shape index (κ3) is 5.11. The van der Waals surface area contributed by atoms with Crippen LogP contribution in [0.3, 0.4) is 0 Å². The van der Waals surface area contributed by atoms with Crippen molar-refractivity contribution in [3.63, 3.8) is 0 Å². The van der Waals surface area contributed by atoms with E-state index < -0.39 is 23.8 Å². The number of carbonyl (C=O) groups excluding carboxylic acids is 4. The van der Waals surface area contributed by atoms with Crippen LogP contribution in [0.5, 0.6) is 5.75 Å². The van der Waals surface area contributed by atoms with E-state index in [1.165, 1.54) is 19.1 Å². The Morgan fingerprint density at radius 1 is 1.14 bits per heavy atom. The molecule has 0 bridgehead atoms. The number of rotatable bonds is 3. The van der Waals surface area contributed by atoms with Crippen molar-refractivity contribution in [1.82, 2.24) is 4.90 Å². The Labute approximate surface area is 210 Å². The molecule has 1 saturated heterocycles. The molecule has 0 spiro atoms. The quantitative estimate of drug-likeness (QED) is 0.568. The Morgan fingerprint density at radius 2 is 1.80 bits per heavy atom. The molecule has 1 aromatic carbocycles. The van der Waals surface area contributed by atoms with Gasteiger partial charge in [0.05, 0.1) is 22.2 Å². The number of likely N-dealkylation sites (tertiary alicyclic amines) is 1. The van der Waals surface area contributed by atoms with Crippen LogP contribution < -0.4 is 9.75 Å². The number of hydrogen-bond donors (Lipinski definition) is 0. The minimum absolute atomic E-state index is 0.0121. The molecule has 12 heteroatoms. The molecule has 1 aromatic rings. The maximum Gasteiger partial charge on any atom is 0.255 e. The number of dihydropyridines is 1. The Kier molecular flexibility index (Phi) is 7.00. The van der Waals surface area contributed by atoms with Crippen LogP contribution in [0.2, 0.25) is 10.0 Å². The van der Waals surface area contributed by atoms with E-state index in [1.54, 1.807) is 17.0 Å². The standard InChI is InChI=1S/C23H19Cl2N5O5/c1-12(31)29-4-2-13(3-5-29)15-8-21(27-11-20(15)33)35-23-16(24)6-14(7-17(23)25)30-22(34)9-19(32)18(10-26)28-30/h6-8,13H,2-5,9,11H2,1H3. The average molecular weight is 516 g/mol. The van der Waals surface area contributed by atoms with Gasteiger partial charge in [0.15, 0.2) is 11.5 Å². The second-order valence-corrected chi connectivity index (χ2v) is 8.98. The third-order valence-electron chi connectivity index (χ3n) is 5.91. The first-order chi connectivity index (χ1) is 16.7. The highest BCUT2D eigenvalue weighted by molar-refractivity contribution is 6.50. The van der Waals surface area contributed by atoms with Crippen molar-refractivity contribution in [2.75, 3.05) is 24.6 Å². The van der Waals surface area contributed by atoms with Crippen molar-refractivity contribution in [1.29, 1.82) is 5.26 Å². The highest BCUT2D eigenvalue weighted by Gasteiger charge is 2.31. The van der Waals surface area contributed by atoms with E-state index >= 15 is 0 Å². The molecular weight excluding hydrogens is 497 g/mol. The lowest BCUT2D eigenvalue weighted by Gasteiger charge is -2.32. The van der Waals surface area contributed by atoms with Crippen LogP contribution in [0, 0.1) is 17.2 Å². The smallest absolute Gasteiger partial charge is 0.255 e. The number of anilines is 1. The number of ketones is 2. The van der Waals surface area contributed by atoms with Crippen LogP contribution in [-0.2, 0) is 19.2 Å². The number of Topliss-reactive ketones (excluding diaryl/α,β-unsaturated/α-hetero) is 2. The van der Waals surface area contributed by atoms with Crippen LogP contribution in [0.25, 0.3) is 0 Å². The number of halogens is 2. The molecule has 3 aliphatic rings. The lowest BCUT2D eigenvalue weighted by atomic mass is 9.85. The maximum absolute atomic E-state index is 12.5. The van der Waals surface area contributed by atoms with E-state index in [-0.39, 0.29) is 51.5 Å². The number of nitrogens with zero attached hydrogens (tertiary/aromatic N) is 5. The van der Waals surface area contributed by atoms with E-state index in [0.717, 1.165) is 5.01 Å². The molecule has 0 unspecified atom stereocenters. The molecule has 3 aliphatic heterocycles. The van der Waals surface area contributed by atoms with Gasteiger partial charge in [-0.05, 0) is 30.9 Å². The molecule has 10 nitrogen and oxygen atoms in total. The summed E-state index contributed by atoms with van der Waals surface area (Å²) in [5.41, 5.74) is 0.348. The summed E-state index contributed by atoms with van der Waals surface area (Å²) < 4.78 is 5.82. The second-order valence-electron chi connectivity index (χ2n) is 8.16. The van der Waals surface area contributed by atoms with Gasteiger partial charge in [0.25, 0.3) is 5.91 Å². The highest BCUT2D eigenvalue weighted by Crippen LogP contribution is 2.38. The fourth-order valence-corrected chi connectivity index (χ4v) is 4.63. The van der Waals surface area contributed by atoms with Gasteiger partial charge in [0.2, 0.25) is 23.3 Å². The summed E-state index contributed by atoms with van der Waals surface area (Å²) >= 11 is 12.7. The van der Waals surface area contributed by atoms with Crippen LogP contribution in [0.4, 0.5) is 5.69 Å². The van der Waals surface area contributed by atoms with Crippen molar-refractivity contribution in [3.05, 3.63) is 33.8 Å². The fraction of sp³-hybridized carbons (Fsp3) is 0.348. The zero-order chi connectivity index (χ0) is 25.3. The Bertz CT molecular complexity index is 1250. The summed E-state index contributed by atoms with van der Waals surface area (Å²) in [5, 5.41) is 13.8. The van der Waals surface area contributed by atoms with Crippen molar-refractivity contribution in [3.8, 4) is 11.8 Å². The first-order valence-corrected chi connectivity index (χ1v) is 11.5. The number of carbonyl (C=O) groups is 4. The largest absolute Gasteiger partial charge is 0.436 e. The molecule has 4 rings (SSSR count). The van der Waals surface area contributed by atoms with Gasteiger partial charge in [0, 0.05) is 31.7 Å². The maximum atomic E-state index is 12.5. The summed E-state index contributed by atoms with van der Waals surface area (Å²) in [5.74, 6) is -1.17. The van der Waals surface area contributed by atoms with Gasteiger partial charge in [-0.3, -0.25) is 19.2 Å². The van der Waals surface area contributed by atoms with Gasteiger partial charge in [-0.25, -0.2) is 4.99 Å². The number of benzene rings is 1. The first-order valence-electron chi connectivity index (χ1n) is 10.7. The number of aliphatic imine (C=N–C) groups is 1. The molecule has 35 heavy (non-hydrogen) atoms. The molecule has 180 valence electrons. The second kappa shape index (κ2) is 9.98. The zero-order valence-corrected chi connectivity index (χ0v) is 20.1. The molecule has 0 saturated carbocycles. The molecule has 0 aliphatic carbocycles. The summed E-state index contributed by atoms with van der Waals surface area (Å²) in [4.78, 5) is 53.9. The Balaban J connectivity index is 1.55. The summed E-state index contributed by atoms with van der Waals surface area (Å²) in [6.07, 6.45) is 2.41. The number of piperidine rings is 1. The van der Waals surface area contributed by atoms with Crippen molar-refractivity contribution < 1.29 is 23.9 Å². The monoisotopic (exact) mass is 515 g/mol. The van der Waals surface area contributed by atoms with E-state index in [2.05, 4.69) is 10.1 Å². The number of nitriles is 1. The predicted molar refractivity (Wildman–Crippen MR) is 128 cm³/mol. The highest BCUT2D eigenvalue weighted by atomic mass is 35.5. The molecule has 2 amide bonds. The summed E-state index contributed by atoms with van der Waals surface area (Å²) in [7, 11) is 0. The van der Waals surface area contributed by atoms with Crippen LogP contribution >= 0.6 is 23.2 Å². The van der Waals surface area contributed by atoms with Crippen LogP contribution in [-0.4, -0.2) is 59.5 Å². The van der Waals surface area contributed by atoms with Gasteiger partial charge < -0.3 is 9.64 Å². The molecule has 0 radical (unpaired) electrons. The van der Waals surface area contributed by atoms with Crippen molar-refractivity contribution in [2.45, 2.75) is 26.2 Å². The van der Waals surface area contributed by atoms with Crippen LogP contribution in [0.1, 0.15) is 26.2 Å². The summed E-state index contributed by atoms with van der Waals surface area (Å²) in [6, 6.07) is 4.39. The fourth-order valence-electron chi connectivity index (χ4n) is 4.08. The zero-order valence-electron chi connectivity index (χ0n) is 18.6. The molecule has 0 aromatic heterocycles. The SMILES string of the molecule is CC(=O)N1CCC(C2=CC(Oc3c(Cl)cc(N4N=C(C#N)C(=O)CC4=O)cc3Cl)=NCC2=O)CC1. The van der Waals surface area contributed by atoms with E-state index in [1.807, 2.05) is 0 Å². The number of ether oxygens (including phenoxy) is 1. The molecule has 3 heterocycles. The number of hydrazone groups is 1. The van der Waals surface area contributed by atoms with Gasteiger partial charge in [0.1, 0.15) is 12.6 Å². The number of amides is 2. The first kappa shape index (κ1) is 24.6. The topological polar surface area (TPSA) is 132 Å². The molecular formula is C23H19Cl2N5O5. The lowest BCUT2D eigenvalue weighted by Crippen LogP contribution is -2.39. The van der Waals surface area contributed by atoms with Gasteiger partial charge in [-0.2, -0.15) is 15.4 Å². The van der Waals surface area contributed by atoms with E-state index in [4.69, 9.17) is 33.2 Å². The molecule has 1 fully saturated rings. The van der Waals surface area contributed by atoms with Gasteiger partial charge in [-0.1, -0.05) is 23.2 Å². The Morgan fingerprint density at radius 3 is 2.40 bits per heavy atom. The average Bonchev–Trinajstić information content (AvgIpc) is 2.82.